The van der Waals surface area contributed by atoms with Crippen LogP contribution in [0.2, 0.25) is 5.02 Å². The molecule has 2 aromatic carbocycles. The highest BCUT2D eigenvalue weighted by atomic mass is 35.5. The molecule has 1 amide bonds. The van der Waals surface area contributed by atoms with Gasteiger partial charge < -0.3 is 21.3 Å². The van der Waals surface area contributed by atoms with Crippen LogP contribution < -0.4 is 16.2 Å². The fraction of sp³-hybridized carbons (Fsp3) is 0.235. The number of nitrogens with two attached hydrogens (primary N) is 2. The number of amides is 1. The van der Waals surface area contributed by atoms with E-state index in [9.17, 15) is 9.90 Å². The number of halogens is 1. The lowest BCUT2D eigenvalue weighted by atomic mass is 9.92. The Labute approximate surface area is 139 Å². The summed E-state index contributed by atoms with van der Waals surface area (Å²) in [6, 6.07) is 14.6. The van der Waals surface area contributed by atoms with Crippen molar-refractivity contribution < 1.29 is 14.6 Å². The molecule has 0 unspecified atom stereocenters. The minimum absolute atomic E-state index is 0.160. The predicted octanol–water partition coefficient (Wildman–Crippen LogP) is 1.64. The molecular weight excluding hydrogens is 316 g/mol. The Kier molecular flexibility index (Phi) is 5.60. The molecule has 0 fully saturated rings. The van der Waals surface area contributed by atoms with E-state index < -0.39 is 18.1 Å². The Bertz CT molecular complexity index is 676. The molecule has 2 rings (SSSR count). The van der Waals surface area contributed by atoms with Crippen LogP contribution in [0.4, 0.5) is 0 Å². The quantitative estimate of drug-likeness (QED) is 0.716. The molecule has 0 radical (unpaired) electrons. The van der Waals surface area contributed by atoms with Gasteiger partial charge in [-0.05, 0) is 35.4 Å². The number of ether oxygens (including phenoxy) is 1. The monoisotopic (exact) mass is 334 g/mol. The second-order valence-electron chi connectivity index (χ2n) is 5.42. The number of aliphatic hydroxyl groups excluding tert-OH is 1. The smallest absolute Gasteiger partial charge is 0.240 e. The number of primary amides is 1. The fourth-order valence-electron chi connectivity index (χ4n) is 2.08. The Morgan fingerprint density at radius 3 is 2.43 bits per heavy atom. The number of carbonyl (C=O) groups is 1. The molecule has 0 aliphatic carbocycles. The lowest BCUT2D eigenvalue weighted by molar-refractivity contribution is -0.124. The van der Waals surface area contributed by atoms with E-state index in [1.54, 1.807) is 30.3 Å². The highest BCUT2D eigenvalue weighted by Crippen LogP contribution is 2.18. The van der Waals surface area contributed by atoms with E-state index in [-0.39, 0.29) is 6.42 Å². The van der Waals surface area contributed by atoms with Crippen LogP contribution >= 0.6 is 11.6 Å². The van der Waals surface area contributed by atoms with Crippen LogP contribution in [0, 0.1) is 0 Å². The van der Waals surface area contributed by atoms with Gasteiger partial charge in [0, 0.05) is 11.4 Å². The average molecular weight is 335 g/mol. The summed E-state index contributed by atoms with van der Waals surface area (Å²) in [7, 11) is 0. The maximum atomic E-state index is 11.3. The highest BCUT2D eigenvalue weighted by Gasteiger charge is 2.31. The second kappa shape index (κ2) is 7.46. The van der Waals surface area contributed by atoms with Crippen molar-refractivity contribution in [2.45, 2.75) is 18.6 Å². The normalized spacial score (nSPS) is 13.3. The largest absolute Gasteiger partial charge is 0.489 e. The third-order valence-electron chi connectivity index (χ3n) is 3.51. The number of benzene rings is 2. The maximum Gasteiger partial charge on any atom is 0.240 e. The van der Waals surface area contributed by atoms with E-state index in [4.69, 9.17) is 27.8 Å². The zero-order chi connectivity index (χ0) is 16.9. The molecule has 5 nitrogen and oxygen atoms in total. The van der Waals surface area contributed by atoms with E-state index in [0.29, 0.717) is 17.4 Å². The topological polar surface area (TPSA) is 98.6 Å². The van der Waals surface area contributed by atoms with Gasteiger partial charge in [0.2, 0.25) is 5.91 Å². The van der Waals surface area contributed by atoms with Crippen LogP contribution in [0.5, 0.6) is 5.75 Å². The van der Waals surface area contributed by atoms with Gasteiger partial charge in [-0.1, -0.05) is 35.9 Å². The first-order chi connectivity index (χ1) is 10.9. The first-order valence-corrected chi connectivity index (χ1v) is 7.46. The summed E-state index contributed by atoms with van der Waals surface area (Å²) in [5.74, 6) is -0.0549. The van der Waals surface area contributed by atoms with Crippen LogP contribution in [-0.2, 0) is 17.8 Å². The van der Waals surface area contributed by atoms with Crippen molar-refractivity contribution in [3.8, 4) is 5.75 Å². The van der Waals surface area contributed by atoms with E-state index in [0.717, 1.165) is 11.1 Å². The van der Waals surface area contributed by atoms with Gasteiger partial charge in [-0.15, -0.1) is 0 Å². The summed E-state index contributed by atoms with van der Waals surface area (Å²) in [6.45, 7) is -0.103. The van der Waals surface area contributed by atoms with Crippen molar-refractivity contribution >= 4 is 17.5 Å². The first-order valence-electron chi connectivity index (χ1n) is 7.09. The highest BCUT2D eigenvalue weighted by molar-refractivity contribution is 6.30. The Balaban J connectivity index is 1.98. The van der Waals surface area contributed by atoms with E-state index in [1.807, 2.05) is 18.2 Å². The van der Waals surface area contributed by atoms with E-state index in [1.165, 1.54) is 0 Å². The van der Waals surface area contributed by atoms with Crippen LogP contribution in [0.15, 0.2) is 48.5 Å². The van der Waals surface area contributed by atoms with Crippen molar-refractivity contribution in [3.05, 3.63) is 64.7 Å². The molecule has 23 heavy (non-hydrogen) atoms. The first kappa shape index (κ1) is 17.3. The van der Waals surface area contributed by atoms with Crippen molar-refractivity contribution in [3.63, 3.8) is 0 Å². The van der Waals surface area contributed by atoms with Gasteiger partial charge in [0.05, 0.1) is 6.61 Å². The second-order valence-corrected chi connectivity index (χ2v) is 5.85. The Hall–Kier alpha value is -2.08. The molecule has 0 saturated carbocycles. The third kappa shape index (κ3) is 4.69. The van der Waals surface area contributed by atoms with Crippen LogP contribution in [0.1, 0.15) is 11.1 Å². The van der Waals surface area contributed by atoms with Crippen LogP contribution in [0.3, 0.4) is 0 Å². The maximum absolute atomic E-state index is 11.3. The molecule has 5 N–H and O–H groups in total. The molecular formula is C17H19ClN2O3. The van der Waals surface area contributed by atoms with Crippen molar-refractivity contribution in [1.82, 2.24) is 0 Å². The Morgan fingerprint density at radius 1 is 1.17 bits per heavy atom. The fourth-order valence-corrected chi connectivity index (χ4v) is 2.30. The van der Waals surface area contributed by atoms with Crippen molar-refractivity contribution in [2.75, 3.05) is 6.61 Å². The van der Waals surface area contributed by atoms with Crippen LogP contribution in [-0.4, -0.2) is 23.2 Å². The van der Waals surface area contributed by atoms with Gasteiger partial charge in [0.15, 0.2) is 0 Å². The van der Waals surface area contributed by atoms with Crippen LogP contribution in [0.25, 0.3) is 0 Å². The Morgan fingerprint density at radius 2 is 1.87 bits per heavy atom. The minimum Gasteiger partial charge on any atom is -0.489 e. The molecule has 0 aliphatic rings. The number of aliphatic hydroxyl groups is 1. The molecule has 0 heterocycles. The van der Waals surface area contributed by atoms with Crippen molar-refractivity contribution in [2.24, 2.45) is 11.5 Å². The lowest BCUT2D eigenvalue weighted by Gasteiger charge is -2.23. The SMILES string of the molecule is NC(=O)[C@@](N)(CO)Cc1ccc(OCc2cccc(Cl)c2)cc1. The van der Waals surface area contributed by atoms with Gasteiger partial charge in [0.1, 0.15) is 17.9 Å². The van der Waals surface area contributed by atoms with Gasteiger partial charge >= 0.3 is 0 Å². The van der Waals surface area contributed by atoms with E-state index in [2.05, 4.69) is 0 Å². The number of hydrogen-bond acceptors (Lipinski definition) is 4. The summed E-state index contributed by atoms with van der Waals surface area (Å²) in [5, 5.41) is 9.91. The average Bonchev–Trinajstić information content (AvgIpc) is 2.54. The molecule has 2 aromatic rings. The molecule has 6 heteroatoms. The molecule has 0 spiro atoms. The van der Waals surface area contributed by atoms with Gasteiger partial charge in [-0.25, -0.2) is 0 Å². The standard InChI is InChI=1S/C17H19ClN2O3/c18-14-3-1-2-13(8-14)10-23-15-6-4-12(5-7-15)9-17(20,11-21)16(19)22/h1-8,21H,9-11,20H2,(H2,19,22)/t17-/m0/s1. The molecule has 1 atom stereocenters. The molecule has 122 valence electrons. The molecule has 0 aromatic heterocycles. The molecule has 0 aliphatic heterocycles. The summed E-state index contributed by atoms with van der Waals surface area (Å²) < 4.78 is 5.68. The number of carbonyl (C=O) groups excluding carboxylic acids is 1. The molecule has 0 bridgehead atoms. The number of hydrogen-bond donors (Lipinski definition) is 3. The molecule has 0 saturated heterocycles. The summed E-state index contributed by atoms with van der Waals surface area (Å²) in [5.41, 5.74) is 11.3. The summed E-state index contributed by atoms with van der Waals surface area (Å²) in [6.07, 6.45) is 0.160. The summed E-state index contributed by atoms with van der Waals surface area (Å²) in [4.78, 5) is 11.3. The zero-order valence-electron chi connectivity index (χ0n) is 12.5. The zero-order valence-corrected chi connectivity index (χ0v) is 13.3. The number of rotatable bonds is 7. The van der Waals surface area contributed by atoms with Gasteiger partial charge in [-0.3, -0.25) is 4.79 Å². The van der Waals surface area contributed by atoms with Crippen molar-refractivity contribution in [1.29, 1.82) is 0 Å². The van der Waals surface area contributed by atoms with Gasteiger partial charge in [0.25, 0.3) is 0 Å². The minimum atomic E-state index is -1.46. The predicted molar refractivity (Wildman–Crippen MR) is 89.1 cm³/mol. The third-order valence-corrected chi connectivity index (χ3v) is 3.75. The summed E-state index contributed by atoms with van der Waals surface area (Å²) >= 11 is 5.92. The van der Waals surface area contributed by atoms with E-state index >= 15 is 0 Å². The van der Waals surface area contributed by atoms with Gasteiger partial charge in [-0.2, -0.15) is 0 Å². The lowest BCUT2D eigenvalue weighted by Crippen LogP contribution is -2.56.